The van der Waals surface area contributed by atoms with E-state index in [1.807, 2.05) is 0 Å². The monoisotopic (exact) mass is 220 g/mol. The Kier molecular flexibility index (Phi) is 4.49. The van der Waals surface area contributed by atoms with Crippen molar-refractivity contribution in [1.82, 2.24) is 0 Å². The lowest BCUT2D eigenvalue weighted by molar-refractivity contribution is 0.236. The van der Waals surface area contributed by atoms with Crippen LogP contribution in [0.1, 0.15) is 65.2 Å². The van der Waals surface area contributed by atoms with Crippen molar-refractivity contribution >= 4 is 0 Å². The van der Waals surface area contributed by atoms with Crippen LogP contribution in [0.4, 0.5) is 0 Å². The molecule has 0 spiro atoms. The first kappa shape index (κ1) is 12.2. The third-order valence-corrected chi connectivity index (χ3v) is 4.94. The highest BCUT2D eigenvalue weighted by molar-refractivity contribution is 4.96. The van der Waals surface area contributed by atoms with Gasteiger partial charge >= 0.3 is 0 Å². The van der Waals surface area contributed by atoms with Gasteiger partial charge in [0.15, 0.2) is 0 Å². The van der Waals surface area contributed by atoms with Crippen molar-refractivity contribution in [2.24, 2.45) is 23.7 Å². The normalized spacial score (nSPS) is 38.0. The Labute approximate surface area is 102 Å². The van der Waals surface area contributed by atoms with E-state index in [0.29, 0.717) is 0 Å². The third-order valence-electron chi connectivity index (χ3n) is 4.94. The molecule has 0 radical (unpaired) electrons. The zero-order valence-corrected chi connectivity index (χ0v) is 11.1. The molecule has 0 saturated heterocycles. The molecule has 2 aliphatic rings. The van der Waals surface area contributed by atoms with Gasteiger partial charge in [0.2, 0.25) is 0 Å². The minimum absolute atomic E-state index is 0.896. The minimum Gasteiger partial charge on any atom is -0.0851 e. The molecule has 0 nitrogen and oxygen atoms in total. The largest absolute Gasteiger partial charge is 0.0851 e. The van der Waals surface area contributed by atoms with Gasteiger partial charge in [-0.2, -0.15) is 0 Å². The molecule has 2 saturated carbocycles. The Balaban J connectivity index is 1.78. The SMILES string of the molecule is CC1CCC(/C=C/C2CCCCC2)CC1C. The zero-order valence-electron chi connectivity index (χ0n) is 11.1. The average Bonchev–Trinajstić information content (AvgIpc) is 2.32. The van der Waals surface area contributed by atoms with Crippen LogP contribution in [0.5, 0.6) is 0 Å². The first-order valence-electron chi connectivity index (χ1n) is 7.44. The highest BCUT2D eigenvalue weighted by Gasteiger charge is 2.23. The summed E-state index contributed by atoms with van der Waals surface area (Å²) in [7, 11) is 0. The lowest BCUT2D eigenvalue weighted by Crippen LogP contribution is -2.19. The van der Waals surface area contributed by atoms with E-state index in [1.165, 1.54) is 51.4 Å². The number of rotatable bonds is 2. The Morgan fingerprint density at radius 2 is 1.38 bits per heavy atom. The molecule has 0 bridgehead atoms. The van der Waals surface area contributed by atoms with Crippen molar-refractivity contribution in [3.05, 3.63) is 12.2 Å². The maximum absolute atomic E-state index is 2.57. The molecule has 0 heteroatoms. The lowest BCUT2D eigenvalue weighted by atomic mass is 9.75. The van der Waals surface area contributed by atoms with Crippen LogP contribution in [0, 0.1) is 23.7 Å². The summed E-state index contributed by atoms with van der Waals surface area (Å²) < 4.78 is 0. The van der Waals surface area contributed by atoms with Gasteiger partial charge in [-0.1, -0.05) is 45.3 Å². The van der Waals surface area contributed by atoms with Gasteiger partial charge in [-0.05, 0) is 55.8 Å². The van der Waals surface area contributed by atoms with Crippen LogP contribution in [-0.2, 0) is 0 Å². The number of hydrogen-bond acceptors (Lipinski definition) is 0. The predicted molar refractivity (Wildman–Crippen MR) is 71.4 cm³/mol. The molecule has 2 aliphatic carbocycles. The second kappa shape index (κ2) is 5.89. The Bertz CT molecular complexity index is 222. The van der Waals surface area contributed by atoms with Crippen molar-refractivity contribution in [3.8, 4) is 0 Å². The third kappa shape index (κ3) is 3.37. The van der Waals surface area contributed by atoms with Crippen LogP contribution in [0.25, 0.3) is 0 Å². The van der Waals surface area contributed by atoms with E-state index in [1.54, 1.807) is 0 Å². The smallest absolute Gasteiger partial charge is 0.0231 e. The lowest BCUT2D eigenvalue weighted by Gasteiger charge is -2.30. The average molecular weight is 220 g/mol. The van der Waals surface area contributed by atoms with Crippen LogP contribution < -0.4 is 0 Å². The van der Waals surface area contributed by atoms with Crippen LogP contribution in [0.3, 0.4) is 0 Å². The van der Waals surface area contributed by atoms with Crippen molar-refractivity contribution in [2.75, 3.05) is 0 Å². The van der Waals surface area contributed by atoms with E-state index >= 15 is 0 Å². The minimum atomic E-state index is 0.896. The van der Waals surface area contributed by atoms with Gasteiger partial charge in [0.25, 0.3) is 0 Å². The highest BCUT2D eigenvalue weighted by atomic mass is 14.3. The number of allylic oxidation sites excluding steroid dienone is 2. The first-order valence-corrected chi connectivity index (χ1v) is 7.44. The second-order valence-corrected chi connectivity index (χ2v) is 6.31. The molecular formula is C16H28. The molecule has 0 N–H and O–H groups in total. The van der Waals surface area contributed by atoms with E-state index in [2.05, 4.69) is 26.0 Å². The first-order chi connectivity index (χ1) is 7.75. The van der Waals surface area contributed by atoms with Crippen molar-refractivity contribution < 1.29 is 0 Å². The Hall–Kier alpha value is -0.260. The van der Waals surface area contributed by atoms with Gasteiger partial charge in [-0.25, -0.2) is 0 Å². The molecule has 0 aromatic rings. The van der Waals surface area contributed by atoms with Crippen molar-refractivity contribution in [3.63, 3.8) is 0 Å². The molecule has 0 aromatic heterocycles. The molecule has 92 valence electrons. The predicted octanol–water partition coefficient (Wildman–Crippen LogP) is 5.20. The van der Waals surface area contributed by atoms with Crippen molar-refractivity contribution in [2.45, 2.75) is 65.2 Å². The van der Waals surface area contributed by atoms with Gasteiger partial charge in [0, 0.05) is 0 Å². The summed E-state index contributed by atoms with van der Waals surface area (Å²) in [5, 5.41) is 0. The summed E-state index contributed by atoms with van der Waals surface area (Å²) in [6.07, 6.45) is 16.8. The Morgan fingerprint density at radius 1 is 0.688 bits per heavy atom. The van der Waals surface area contributed by atoms with Gasteiger partial charge < -0.3 is 0 Å². The molecule has 0 aliphatic heterocycles. The van der Waals surface area contributed by atoms with E-state index in [4.69, 9.17) is 0 Å². The highest BCUT2D eigenvalue weighted by Crippen LogP contribution is 2.34. The van der Waals surface area contributed by atoms with E-state index in [9.17, 15) is 0 Å². The second-order valence-electron chi connectivity index (χ2n) is 6.31. The van der Waals surface area contributed by atoms with Crippen LogP contribution in [-0.4, -0.2) is 0 Å². The topological polar surface area (TPSA) is 0 Å². The summed E-state index contributed by atoms with van der Waals surface area (Å²) in [5.41, 5.74) is 0. The molecule has 16 heavy (non-hydrogen) atoms. The fourth-order valence-corrected chi connectivity index (χ4v) is 3.40. The maximum atomic E-state index is 2.57. The molecule has 0 aromatic carbocycles. The van der Waals surface area contributed by atoms with Gasteiger partial charge in [0.1, 0.15) is 0 Å². The summed E-state index contributed by atoms with van der Waals surface area (Å²) in [4.78, 5) is 0. The standard InChI is InChI=1S/C16H28/c1-13-8-9-16(12-14(13)2)11-10-15-6-4-3-5-7-15/h10-11,13-16H,3-9,12H2,1-2H3/b11-10+. The van der Waals surface area contributed by atoms with Crippen LogP contribution in [0.2, 0.25) is 0 Å². The van der Waals surface area contributed by atoms with E-state index in [-0.39, 0.29) is 0 Å². The summed E-state index contributed by atoms with van der Waals surface area (Å²) >= 11 is 0. The van der Waals surface area contributed by atoms with Crippen molar-refractivity contribution in [1.29, 1.82) is 0 Å². The molecule has 0 amide bonds. The van der Waals surface area contributed by atoms with E-state index in [0.717, 1.165) is 23.7 Å². The molecule has 3 unspecified atom stereocenters. The molecule has 0 heterocycles. The van der Waals surface area contributed by atoms with Gasteiger partial charge in [-0.3, -0.25) is 0 Å². The molecule has 2 fully saturated rings. The maximum Gasteiger partial charge on any atom is -0.0231 e. The Morgan fingerprint density at radius 3 is 2.06 bits per heavy atom. The zero-order chi connectivity index (χ0) is 11.4. The molecule has 2 rings (SSSR count). The van der Waals surface area contributed by atoms with Gasteiger partial charge in [0.05, 0.1) is 0 Å². The summed E-state index contributed by atoms with van der Waals surface area (Å²) in [5.74, 6) is 3.71. The van der Waals surface area contributed by atoms with Crippen LogP contribution in [0.15, 0.2) is 12.2 Å². The molecular weight excluding hydrogens is 192 g/mol. The number of hydrogen-bond donors (Lipinski definition) is 0. The quantitative estimate of drug-likeness (QED) is 0.561. The summed E-state index contributed by atoms with van der Waals surface area (Å²) in [6.45, 7) is 4.86. The fourth-order valence-electron chi connectivity index (χ4n) is 3.40. The fraction of sp³-hybridized carbons (Fsp3) is 0.875. The molecule has 3 atom stereocenters. The van der Waals surface area contributed by atoms with Gasteiger partial charge in [-0.15, -0.1) is 0 Å². The van der Waals surface area contributed by atoms with Crippen LogP contribution >= 0.6 is 0 Å². The summed E-state index contributed by atoms with van der Waals surface area (Å²) in [6, 6.07) is 0. The van der Waals surface area contributed by atoms with E-state index < -0.39 is 0 Å².